The number of para-hydroxylation sites is 1. The number of amides is 1. The molecule has 0 unspecified atom stereocenters. The Hall–Kier alpha value is -1.92. The van der Waals surface area contributed by atoms with Gasteiger partial charge in [-0.05, 0) is 19.1 Å². The first-order chi connectivity index (χ1) is 9.75. The Morgan fingerprint density at radius 1 is 1.33 bits per heavy atom. The Morgan fingerprint density at radius 3 is 2.81 bits per heavy atom. The summed E-state index contributed by atoms with van der Waals surface area (Å²) in [4.78, 5) is 15.8. The van der Waals surface area contributed by atoms with Crippen LogP contribution in [0.25, 0.3) is 5.69 Å². The summed E-state index contributed by atoms with van der Waals surface area (Å²) in [5.41, 5.74) is 1.24. The van der Waals surface area contributed by atoms with E-state index in [1.165, 1.54) is 11.0 Å². The van der Waals surface area contributed by atoms with Crippen molar-refractivity contribution in [3.63, 3.8) is 0 Å². The minimum absolute atomic E-state index is 0. The van der Waals surface area contributed by atoms with Gasteiger partial charge in [-0.25, -0.2) is 0 Å². The van der Waals surface area contributed by atoms with Crippen LogP contribution in [-0.2, 0) is 0 Å². The first kappa shape index (κ1) is 15.5. The molecule has 3 rings (SSSR count). The lowest BCUT2D eigenvalue weighted by molar-refractivity contribution is 0.0649. The maximum absolute atomic E-state index is 12.4. The number of nitrogens with zero attached hydrogens (tertiary/aromatic N) is 4. The Labute approximate surface area is 129 Å². The standard InChI is InChI=1S/C14H17N5O.ClH/c1-11-9-15-7-8-18(11)14(20)13-10-16-19(17-13)12-5-3-2-4-6-12;/h2-6,10-11,15H,7-9H2,1H3;1H/t11-;/m1./s1. The molecule has 1 aromatic carbocycles. The van der Waals surface area contributed by atoms with Crippen LogP contribution in [0.2, 0.25) is 0 Å². The highest BCUT2D eigenvalue weighted by atomic mass is 35.5. The molecule has 0 saturated carbocycles. The summed E-state index contributed by atoms with van der Waals surface area (Å²) in [6, 6.07) is 9.75. The van der Waals surface area contributed by atoms with Gasteiger partial charge in [-0.3, -0.25) is 4.79 Å². The Balaban J connectivity index is 0.00000161. The highest BCUT2D eigenvalue weighted by Gasteiger charge is 2.26. The third kappa shape index (κ3) is 3.22. The van der Waals surface area contributed by atoms with Crippen LogP contribution >= 0.6 is 12.4 Å². The molecule has 1 atom stereocenters. The smallest absolute Gasteiger partial charge is 0.276 e. The molecule has 1 saturated heterocycles. The van der Waals surface area contributed by atoms with Gasteiger partial charge in [0.05, 0.1) is 11.9 Å². The summed E-state index contributed by atoms with van der Waals surface area (Å²) in [6.07, 6.45) is 1.53. The molecule has 112 valence electrons. The van der Waals surface area contributed by atoms with E-state index < -0.39 is 0 Å². The summed E-state index contributed by atoms with van der Waals surface area (Å²) < 4.78 is 0. The third-order valence-electron chi connectivity index (χ3n) is 3.46. The molecule has 1 fully saturated rings. The van der Waals surface area contributed by atoms with Crippen molar-refractivity contribution in [1.82, 2.24) is 25.2 Å². The second-order valence-corrected chi connectivity index (χ2v) is 4.91. The molecule has 7 heteroatoms. The van der Waals surface area contributed by atoms with Gasteiger partial charge in [0.2, 0.25) is 0 Å². The van der Waals surface area contributed by atoms with E-state index in [-0.39, 0.29) is 24.4 Å². The number of aromatic nitrogens is 3. The van der Waals surface area contributed by atoms with Gasteiger partial charge >= 0.3 is 0 Å². The SMILES string of the molecule is C[C@@H]1CNCCN1C(=O)c1cnn(-c2ccccc2)n1.Cl. The zero-order valence-electron chi connectivity index (χ0n) is 11.8. The fraction of sp³-hybridized carbons (Fsp3) is 0.357. The molecular formula is C14H18ClN5O. The first-order valence-corrected chi connectivity index (χ1v) is 6.75. The van der Waals surface area contributed by atoms with Crippen LogP contribution in [0.5, 0.6) is 0 Å². The van der Waals surface area contributed by atoms with Crippen molar-refractivity contribution in [2.75, 3.05) is 19.6 Å². The summed E-state index contributed by atoms with van der Waals surface area (Å²) in [5, 5.41) is 11.7. The molecule has 2 aromatic rings. The molecule has 0 bridgehead atoms. The predicted molar refractivity (Wildman–Crippen MR) is 82.0 cm³/mol. The third-order valence-corrected chi connectivity index (χ3v) is 3.46. The highest BCUT2D eigenvalue weighted by Crippen LogP contribution is 2.10. The quantitative estimate of drug-likeness (QED) is 0.903. The summed E-state index contributed by atoms with van der Waals surface area (Å²) in [5.74, 6) is -0.0545. The topological polar surface area (TPSA) is 63.1 Å². The van der Waals surface area contributed by atoms with Crippen molar-refractivity contribution < 1.29 is 4.79 Å². The van der Waals surface area contributed by atoms with E-state index in [0.29, 0.717) is 12.2 Å². The molecule has 0 radical (unpaired) electrons. The number of hydrogen-bond acceptors (Lipinski definition) is 4. The van der Waals surface area contributed by atoms with Crippen molar-refractivity contribution in [3.8, 4) is 5.69 Å². The molecule has 1 aliphatic heterocycles. The number of hydrogen-bond donors (Lipinski definition) is 1. The number of carbonyl (C=O) groups is 1. The predicted octanol–water partition coefficient (Wildman–Crippen LogP) is 1.12. The fourth-order valence-corrected chi connectivity index (χ4v) is 2.34. The van der Waals surface area contributed by atoms with E-state index in [9.17, 15) is 4.79 Å². The fourth-order valence-electron chi connectivity index (χ4n) is 2.34. The zero-order chi connectivity index (χ0) is 13.9. The number of benzene rings is 1. The molecule has 0 spiro atoms. The van der Waals surface area contributed by atoms with Crippen LogP contribution in [0.15, 0.2) is 36.5 Å². The molecular weight excluding hydrogens is 290 g/mol. The zero-order valence-corrected chi connectivity index (χ0v) is 12.6. The van der Waals surface area contributed by atoms with E-state index in [4.69, 9.17) is 0 Å². The van der Waals surface area contributed by atoms with Crippen LogP contribution in [0, 0.1) is 0 Å². The van der Waals surface area contributed by atoms with Gasteiger partial charge < -0.3 is 10.2 Å². The average Bonchev–Trinajstić information content (AvgIpc) is 2.98. The lowest BCUT2D eigenvalue weighted by Crippen LogP contribution is -2.52. The summed E-state index contributed by atoms with van der Waals surface area (Å²) in [6.45, 7) is 4.38. The molecule has 1 aromatic heterocycles. The summed E-state index contributed by atoms with van der Waals surface area (Å²) in [7, 11) is 0. The molecule has 2 heterocycles. The van der Waals surface area contributed by atoms with Gasteiger partial charge in [-0.15, -0.1) is 17.5 Å². The molecule has 1 amide bonds. The van der Waals surface area contributed by atoms with Gasteiger partial charge in [0.25, 0.3) is 5.91 Å². The number of piperazine rings is 1. The number of nitrogens with one attached hydrogen (secondary N) is 1. The number of halogens is 1. The number of rotatable bonds is 2. The number of carbonyl (C=O) groups excluding carboxylic acids is 1. The van der Waals surface area contributed by atoms with Crippen molar-refractivity contribution in [3.05, 3.63) is 42.2 Å². The van der Waals surface area contributed by atoms with Crippen LogP contribution in [-0.4, -0.2) is 51.5 Å². The second kappa shape index (κ2) is 6.69. The van der Waals surface area contributed by atoms with Gasteiger partial charge in [0.15, 0.2) is 5.69 Å². The van der Waals surface area contributed by atoms with Gasteiger partial charge in [0, 0.05) is 25.7 Å². The van der Waals surface area contributed by atoms with E-state index in [1.54, 1.807) is 0 Å². The second-order valence-electron chi connectivity index (χ2n) is 4.91. The minimum Gasteiger partial charge on any atom is -0.332 e. The van der Waals surface area contributed by atoms with Gasteiger partial charge in [-0.2, -0.15) is 9.90 Å². The van der Waals surface area contributed by atoms with E-state index in [0.717, 1.165) is 18.8 Å². The maximum Gasteiger partial charge on any atom is 0.276 e. The Morgan fingerprint density at radius 2 is 2.10 bits per heavy atom. The molecule has 21 heavy (non-hydrogen) atoms. The van der Waals surface area contributed by atoms with Crippen LogP contribution < -0.4 is 5.32 Å². The Kier molecular flexibility index (Phi) is 4.93. The van der Waals surface area contributed by atoms with E-state index in [1.807, 2.05) is 42.2 Å². The van der Waals surface area contributed by atoms with Crippen LogP contribution in [0.4, 0.5) is 0 Å². The Bertz CT molecular complexity index is 600. The first-order valence-electron chi connectivity index (χ1n) is 6.75. The monoisotopic (exact) mass is 307 g/mol. The largest absolute Gasteiger partial charge is 0.332 e. The highest BCUT2D eigenvalue weighted by molar-refractivity contribution is 5.92. The van der Waals surface area contributed by atoms with Crippen molar-refractivity contribution >= 4 is 18.3 Å². The van der Waals surface area contributed by atoms with Gasteiger partial charge in [0.1, 0.15) is 0 Å². The lowest BCUT2D eigenvalue weighted by atomic mass is 10.2. The molecule has 6 nitrogen and oxygen atoms in total. The van der Waals surface area contributed by atoms with Gasteiger partial charge in [-0.1, -0.05) is 18.2 Å². The maximum atomic E-state index is 12.4. The summed E-state index contributed by atoms with van der Waals surface area (Å²) >= 11 is 0. The van der Waals surface area contributed by atoms with Crippen molar-refractivity contribution in [2.24, 2.45) is 0 Å². The molecule has 1 aliphatic rings. The van der Waals surface area contributed by atoms with Crippen molar-refractivity contribution in [1.29, 1.82) is 0 Å². The van der Waals surface area contributed by atoms with E-state index in [2.05, 4.69) is 15.5 Å². The van der Waals surface area contributed by atoms with Crippen LogP contribution in [0.1, 0.15) is 17.4 Å². The van der Waals surface area contributed by atoms with Crippen LogP contribution in [0.3, 0.4) is 0 Å². The van der Waals surface area contributed by atoms with Crippen molar-refractivity contribution in [2.45, 2.75) is 13.0 Å². The normalized spacial score (nSPS) is 18.1. The molecule has 0 aliphatic carbocycles. The average molecular weight is 308 g/mol. The minimum atomic E-state index is -0.0545. The van der Waals surface area contributed by atoms with E-state index >= 15 is 0 Å². The molecule has 1 N–H and O–H groups in total. The lowest BCUT2D eigenvalue weighted by Gasteiger charge is -2.33.